The van der Waals surface area contributed by atoms with Crippen LogP contribution in [0.1, 0.15) is 27.5 Å². The molecule has 0 bridgehead atoms. The summed E-state index contributed by atoms with van der Waals surface area (Å²) in [5.74, 6) is -0.938. The quantitative estimate of drug-likeness (QED) is 0.618. The summed E-state index contributed by atoms with van der Waals surface area (Å²) in [4.78, 5) is 24.4. The van der Waals surface area contributed by atoms with E-state index in [1.54, 1.807) is 0 Å². The fraction of sp³-hybridized carbons (Fsp3) is 0.130. The van der Waals surface area contributed by atoms with E-state index < -0.39 is 5.97 Å². The number of benzene rings is 3. The van der Waals surface area contributed by atoms with Gasteiger partial charge < -0.3 is 15.2 Å². The summed E-state index contributed by atoms with van der Waals surface area (Å²) in [5.41, 5.74) is 2.34. The smallest absolute Gasteiger partial charge is 0.338 e. The van der Waals surface area contributed by atoms with Crippen LogP contribution in [0.4, 0.5) is 0 Å². The number of rotatable bonds is 7. The molecule has 0 radical (unpaired) electrons. The van der Waals surface area contributed by atoms with Crippen molar-refractivity contribution in [2.75, 3.05) is 6.61 Å². The molecule has 0 aliphatic rings. The maximum absolute atomic E-state index is 12.4. The Hall–Kier alpha value is -3.60. The molecule has 3 aromatic carbocycles. The van der Waals surface area contributed by atoms with Crippen LogP contribution >= 0.6 is 0 Å². The number of nitrogens with one attached hydrogen (secondary N) is 1. The Morgan fingerprint density at radius 3 is 2.11 bits per heavy atom. The number of ether oxygens (including phenoxy) is 1. The van der Waals surface area contributed by atoms with E-state index >= 15 is 0 Å². The molecule has 0 aliphatic heterocycles. The zero-order chi connectivity index (χ0) is 19.8. The highest BCUT2D eigenvalue weighted by atomic mass is 16.5. The lowest BCUT2D eigenvalue weighted by Gasteiger charge is -2.19. The Kier molecular flexibility index (Phi) is 6.41. The Morgan fingerprint density at radius 1 is 0.857 bits per heavy atom. The second kappa shape index (κ2) is 9.37. The standard InChI is InChI=1S/C23H21NO4/c25-20-13-11-19(12-14-20)23(27)28-16-22(26)24-21(18-9-5-2-6-10-18)15-17-7-3-1-4-8-17/h1-14,21,25H,15-16H2,(H,24,26)/t21-/m1/s1. The first-order valence-electron chi connectivity index (χ1n) is 8.96. The Bertz CT molecular complexity index is 908. The molecule has 1 atom stereocenters. The van der Waals surface area contributed by atoms with E-state index in [9.17, 15) is 14.7 Å². The van der Waals surface area contributed by atoms with Gasteiger partial charge in [-0.25, -0.2) is 4.79 Å². The van der Waals surface area contributed by atoms with Crippen LogP contribution in [0.2, 0.25) is 0 Å². The van der Waals surface area contributed by atoms with E-state index in [1.165, 1.54) is 24.3 Å². The van der Waals surface area contributed by atoms with Crippen molar-refractivity contribution in [3.05, 3.63) is 102 Å². The van der Waals surface area contributed by atoms with E-state index in [0.717, 1.165) is 11.1 Å². The van der Waals surface area contributed by atoms with Gasteiger partial charge in [0.25, 0.3) is 5.91 Å². The lowest BCUT2D eigenvalue weighted by molar-refractivity contribution is -0.125. The third-order valence-corrected chi connectivity index (χ3v) is 4.26. The van der Waals surface area contributed by atoms with Crippen LogP contribution in [-0.4, -0.2) is 23.6 Å². The highest BCUT2D eigenvalue weighted by Gasteiger charge is 2.17. The monoisotopic (exact) mass is 375 g/mol. The van der Waals surface area contributed by atoms with Crippen LogP contribution in [0.25, 0.3) is 0 Å². The normalized spacial score (nSPS) is 11.4. The molecule has 3 rings (SSSR count). The minimum atomic E-state index is -0.616. The van der Waals surface area contributed by atoms with Crippen LogP contribution in [0.15, 0.2) is 84.9 Å². The van der Waals surface area contributed by atoms with E-state index in [1.807, 2.05) is 60.7 Å². The molecule has 3 aromatic rings. The van der Waals surface area contributed by atoms with Crippen molar-refractivity contribution in [3.63, 3.8) is 0 Å². The lowest BCUT2D eigenvalue weighted by Crippen LogP contribution is -2.33. The second-order valence-corrected chi connectivity index (χ2v) is 6.34. The van der Waals surface area contributed by atoms with Crippen LogP contribution in [0, 0.1) is 0 Å². The average molecular weight is 375 g/mol. The van der Waals surface area contributed by atoms with Gasteiger partial charge in [0.1, 0.15) is 5.75 Å². The number of aromatic hydroxyl groups is 1. The number of phenolic OH excluding ortho intramolecular Hbond substituents is 1. The van der Waals surface area contributed by atoms with E-state index in [0.29, 0.717) is 6.42 Å². The first-order chi connectivity index (χ1) is 13.6. The summed E-state index contributed by atoms with van der Waals surface area (Å²) in [6.45, 7) is -0.377. The minimum absolute atomic E-state index is 0.0564. The molecule has 142 valence electrons. The van der Waals surface area contributed by atoms with Gasteiger partial charge in [-0.15, -0.1) is 0 Å². The largest absolute Gasteiger partial charge is 0.508 e. The van der Waals surface area contributed by atoms with Gasteiger partial charge in [0.05, 0.1) is 11.6 Å². The predicted molar refractivity (Wildman–Crippen MR) is 106 cm³/mol. The second-order valence-electron chi connectivity index (χ2n) is 6.34. The Balaban J connectivity index is 1.62. The summed E-state index contributed by atoms with van der Waals surface area (Å²) in [7, 11) is 0. The topological polar surface area (TPSA) is 75.6 Å². The molecular formula is C23H21NO4. The molecule has 28 heavy (non-hydrogen) atoms. The molecule has 2 N–H and O–H groups in total. The van der Waals surface area contributed by atoms with Gasteiger partial charge in [-0.1, -0.05) is 60.7 Å². The van der Waals surface area contributed by atoms with Crippen LogP contribution in [-0.2, 0) is 16.0 Å². The van der Waals surface area contributed by atoms with Gasteiger partial charge in [0.2, 0.25) is 0 Å². The van der Waals surface area contributed by atoms with E-state index in [2.05, 4.69) is 5.32 Å². The molecule has 0 aromatic heterocycles. The summed E-state index contributed by atoms with van der Waals surface area (Å²) in [6, 6.07) is 25.0. The van der Waals surface area contributed by atoms with Crippen molar-refractivity contribution >= 4 is 11.9 Å². The summed E-state index contributed by atoms with van der Waals surface area (Å²) in [6.07, 6.45) is 0.627. The van der Waals surface area contributed by atoms with Gasteiger partial charge in [0, 0.05) is 0 Å². The molecular weight excluding hydrogens is 354 g/mol. The highest BCUT2D eigenvalue weighted by Crippen LogP contribution is 2.18. The summed E-state index contributed by atoms with van der Waals surface area (Å²) in [5, 5.41) is 12.2. The van der Waals surface area contributed by atoms with Crippen molar-refractivity contribution in [2.45, 2.75) is 12.5 Å². The molecule has 0 fully saturated rings. The van der Waals surface area contributed by atoms with Crippen LogP contribution in [0.5, 0.6) is 5.75 Å². The Labute approximate surface area is 163 Å². The molecule has 5 nitrogen and oxygen atoms in total. The van der Waals surface area contributed by atoms with Gasteiger partial charge in [0.15, 0.2) is 6.61 Å². The number of carbonyl (C=O) groups is 2. The molecule has 0 saturated heterocycles. The van der Waals surface area contributed by atoms with E-state index in [-0.39, 0.29) is 29.9 Å². The Morgan fingerprint density at radius 2 is 1.46 bits per heavy atom. The molecule has 1 amide bonds. The predicted octanol–water partition coefficient (Wildman–Crippen LogP) is 3.65. The molecule has 0 unspecified atom stereocenters. The third kappa shape index (κ3) is 5.45. The minimum Gasteiger partial charge on any atom is -0.508 e. The van der Waals surface area contributed by atoms with E-state index in [4.69, 9.17) is 4.74 Å². The van der Waals surface area contributed by atoms with Crippen molar-refractivity contribution in [1.82, 2.24) is 5.32 Å². The molecule has 0 aliphatic carbocycles. The first kappa shape index (κ1) is 19.2. The highest BCUT2D eigenvalue weighted by molar-refractivity contribution is 5.91. The van der Waals surface area contributed by atoms with Crippen molar-refractivity contribution in [3.8, 4) is 5.75 Å². The van der Waals surface area contributed by atoms with Gasteiger partial charge in [-0.05, 0) is 41.8 Å². The zero-order valence-electron chi connectivity index (χ0n) is 15.2. The van der Waals surface area contributed by atoms with Crippen LogP contribution < -0.4 is 5.32 Å². The van der Waals surface area contributed by atoms with Crippen molar-refractivity contribution in [1.29, 1.82) is 0 Å². The summed E-state index contributed by atoms with van der Waals surface area (Å²) >= 11 is 0. The number of esters is 1. The number of amides is 1. The van der Waals surface area contributed by atoms with Gasteiger partial charge in [-0.3, -0.25) is 4.79 Å². The van der Waals surface area contributed by atoms with Gasteiger partial charge >= 0.3 is 5.97 Å². The average Bonchev–Trinajstić information content (AvgIpc) is 2.73. The number of hydrogen-bond acceptors (Lipinski definition) is 4. The van der Waals surface area contributed by atoms with Gasteiger partial charge in [-0.2, -0.15) is 0 Å². The van der Waals surface area contributed by atoms with Crippen molar-refractivity contribution < 1.29 is 19.4 Å². The maximum atomic E-state index is 12.4. The van der Waals surface area contributed by atoms with Crippen molar-refractivity contribution in [2.24, 2.45) is 0 Å². The SMILES string of the molecule is O=C(COC(=O)c1ccc(O)cc1)N[C@H](Cc1ccccc1)c1ccccc1. The number of phenols is 1. The molecule has 5 heteroatoms. The fourth-order valence-electron chi connectivity index (χ4n) is 2.84. The number of hydrogen-bond donors (Lipinski definition) is 2. The summed E-state index contributed by atoms with van der Waals surface area (Å²) < 4.78 is 5.08. The van der Waals surface area contributed by atoms with Crippen LogP contribution in [0.3, 0.4) is 0 Å². The maximum Gasteiger partial charge on any atom is 0.338 e. The third-order valence-electron chi connectivity index (χ3n) is 4.26. The lowest BCUT2D eigenvalue weighted by atomic mass is 9.99. The molecule has 0 spiro atoms. The fourth-order valence-corrected chi connectivity index (χ4v) is 2.84. The number of carbonyl (C=O) groups excluding carboxylic acids is 2. The zero-order valence-corrected chi connectivity index (χ0v) is 15.2. The first-order valence-corrected chi connectivity index (χ1v) is 8.96. The molecule has 0 heterocycles. The molecule has 0 saturated carbocycles.